The first kappa shape index (κ1) is 30.0. The number of hydrogen-bond acceptors (Lipinski definition) is 4. The van der Waals surface area contributed by atoms with E-state index < -0.39 is 23.6 Å². The van der Waals surface area contributed by atoms with E-state index in [9.17, 15) is 9.90 Å². The summed E-state index contributed by atoms with van der Waals surface area (Å²) in [5.41, 5.74) is 5.15. The molecule has 0 saturated heterocycles. The Morgan fingerprint density at radius 1 is 0.674 bits per heavy atom. The minimum atomic E-state index is -1.00. The second kappa shape index (κ2) is 14.6. The SMILES string of the molecule is CCOC(=O)[C@H](COC(c1ccccc1)(c1ccccc1)c1ccccc1)[C@@H](O)CCc1cccc(-c2ccccc2)c1. The maximum Gasteiger partial charge on any atom is 0.313 e. The maximum absolute atomic E-state index is 13.3. The average molecular weight is 571 g/mol. The summed E-state index contributed by atoms with van der Waals surface area (Å²) in [4.78, 5) is 13.3. The van der Waals surface area contributed by atoms with Crippen molar-refractivity contribution in [3.8, 4) is 11.1 Å². The van der Waals surface area contributed by atoms with Gasteiger partial charge in [0.1, 0.15) is 11.5 Å². The number of rotatable bonds is 13. The topological polar surface area (TPSA) is 55.8 Å². The maximum atomic E-state index is 13.3. The second-order valence-electron chi connectivity index (χ2n) is 10.6. The van der Waals surface area contributed by atoms with Gasteiger partial charge < -0.3 is 14.6 Å². The van der Waals surface area contributed by atoms with Crippen LogP contribution in [-0.2, 0) is 26.3 Å². The molecule has 5 aromatic rings. The average Bonchev–Trinajstić information content (AvgIpc) is 3.07. The van der Waals surface area contributed by atoms with Gasteiger partial charge in [-0.1, -0.05) is 146 Å². The first-order valence-corrected chi connectivity index (χ1v) is 14.9. The molecule has 2 atom stereocenters. The molecular weight excluding hydrogens is 532 g/mol. The molecule has 0 aliphatic rings. The Hall–Kier alpha value is -4.51. The van der Waals surface area contributed by atoms with E-state index in [1.165, 1.54) is 0 Å². The van der Waals surface area contributed by atoms with Crippen LogP contribution in [0.15, 0.2) is 146 Å². The zero-order valence-corrected chi connectivity index (χ0v) is 24.5. The first-order chi connectivity index (χ1) is 21.1. The van der Waals surface area contributed by atoms with E-state index in [2.05, 4.69) is 30.3 Å². The van der Waals surface area contributed by atoms with Crippen molar-refractivity contribution in [3.05, 3.63) is 168 Å². The van der Waals surface area contributed by atoms with Crippen molar-refractivity contribution in [1.29, 1.82) is 0 Å². The monoisotopic (exact) mass is 570 g/mol. The molecular formula is C39H38O4. The summed E-state index contributed by atoms with van der Waals surface area (Å²) >= 11 is 0. The van der Waals surface area contributed by atoms with Crippen molar-refractivity contribution in [2.24, 2.45) is 5.92 Å². The Morgan fingerprint density at radius 3 is 1.67 bits per heavy atom. The van der Waals surface area contributed by atoms with Crippen molar-refractivity contribution in [1.82, 2.24) is 0 Å². The van der Waals surface area contributed by atoms with Gasteiger partial charge in [-0.25, -0.2) is 0 Å². The summed E-state index contributed by atoms with van der Waals surface area (Å²) in [6.45, 7) is 1.98. The van der Waals surface area contributed by atoms with Gasteiger partial charge in [0.25, 0.3) is 0 Å². The van der Waals surface area contributed by atoms with Crippen molar-refractivity contribution >= 4 is 5.97 Å². The summed E-state index contributed by atoms with van der Waals surface area (Å²) in [5.74, 6) is -1.33. The molecule has 218 valence electrons. The zero-order chi connectivity index (χ0) is 29.9. The summed E-state index contributed by atoms with van der Waals surface area (Å²) < 4.78 is 12.4. The molecule has 43 heavy (non-hydrogen) atoms. The molecule has 0 aliphatic carbocycles. The number of carbonyl (C=O) groups is 1. The molecule has 0 amide bonds. The van der Waals surface area contributed by atoms with Crippen LogP contribution in [-0.4, -0.2) is 30.4 Å². The number of hydrogen-bond donors (Lipinski definition) is 1. The van der Waals surface area contributed by atoms with E-state index in [-0.39, 0.29) is 13.2 Å². The standard InChI is InChI=1S/C39H38O4/c1-2-42-38(41)36(37(40)27-26-30-16-15-19-32(28-30)31-17-7-3-8-18-31)29-43-39(33-20-9-4-10-21-33,34-22-11-5-12-23-34)35-24-13-6-14-25-35/h3-25,28,36-37,40H,2,26-27,29H2,1H3/t36-,37+/m1/s1. The molecule has 0 spiro atoms. The second-order valence-corrected chi connectivity index (χ2v) is 10.6. The Kier molecular flexibility index (Phi) is 10.2. The van der Waals surface area contributed by atoms with Crippen LogP contribution in [0.1, 0.15) is 35.6 Å². The van der Waals surface area contributed by atoms with Gasteiger partial charge in [-0.05, 0) is 53.1 Å². The number of ether oxygens (including phenoxy) is 2. The smallest absolute Gasteiger partial charge is 0.313 e. The van der Waals surface area contributed by atoms with Gasteiger partial charge in [0.2, 0.25) is 0 Å². The highest BCUT2D eigenvalue weighted by Crippen LogP contribution is 2.41. The molecule has 1 N–H and O–H groups in total. The predicted octanol–water partition coefficient (Wildman–Crippen LogP) is 7.84. The summed E-state index contributed by atoms with van der Waals surface area (Å²) in [6.07, 6.45) is 0.0402. The fourth-order valence-electron chi connectivity index (χ4n) is 5.62. The molecule has 5 rings (SSSR count). The number of esters is 1. The van der Waals surface area contributed by atoms with Gasteiger partial charge in [0, 0.05) is 0 Å². The van der Waals surface area contributed by atoms with Gasteiger partial charge in [0.15, 0.2) is 0 Å². The van der Waals surface area contributed by atoms with Gasteiger partial charge >= 0.3 is 5.97 Å². The Labute approximate surface area is 254 Å². The van der Waals surface area contributed by atoms with Gasteiger partial charge in [-0.15, -0.1) is 0 Å². The quantitative estimate of drug-likeness (QED) is 0.116. The fourth-order valence-corrected chi connectivity index (χ4v) is 5.62. The van der Waals surface area contributed by atoms with Crippen molar-refractivity contribution < 1.29 is 19.4 Å². The molecule has 0 saturated carbocycles. The lowest BCUT2D eigenvalue weighted by atomic mass is 9.80. The van der Waals surface area contributed by atoms with E-state index in [1.807, 2.05) is 115 Å². The molecule has 0 bridgehead atoms. The van der Waals surface area contributed by atoms with E-state index in [1.54, 1.807) is 6.92 Å². The lowest BCUT2D eigenvalue weighted by Gasteiger charge is -2.37. The van der Waals surface area contributed by atoms with Crippen LogP contribution in [0.2, 0.25) is 0 Å². The number of carbonyl (C=O) groups excluding carboxylic acids is 1. The molecule has 0 radical (unpaired) electrons. The van der Waals surface area contributed by atoms with E-state index >= 15 is 0 Å². The molecule has 0 aromatic heterocycles. The number of aliphatic hydroxyl groups excluding tert-OH is 1. The lowest BCUT2D eigenvalue weighted by molar-refractivity contribution is -0.157. The fraction of sp³-hybridized carbons (Fsp3) is 0.205. The van der Waals surface area contributed by atoms with Crippen LogP contribution in [0.25, 0.3) is 11.1 Å². The van der Waals surface area contributed by atoms with Gasteiger partial charge in [-0.2, -0.15) is 0 Å². The van der Waals surface area contributed by atoms with E-state index in [0.29, 0.717) is 12.8 Å². The lowest BCUT2D eigenvalue weighted by Crippen LogP contribution is -2.40. The van der Waals surface area contributed by atoms with E-state index in [0.717, 1.165) is 33.4 Å². The van der Waals surface area contributed by atoms with Crippen LogP contribution in [0.3, 0.4) is 0 Å². The molecule has 5 aromatic carbocycles. The van der Waals surface area contributed by atoms with Crippen molar-refractivity contribution in [3.63, 3.8) is 0 Å². The zero-order valence-electron chi connectivity index (χ0n) is 24.5. The van der Waals surface area contributed by atoms with Crippen LogP contribution in [0, 0.1) is 5.92 Å². The molecule has 4 heteroatoms. The summed E-state index contributed by atoms with van der Waals surface area (Å²) in [6, 6.07) is 48.6. The molecule has 0 unspecified atom stereocenters. The summed E-state index contributed by atoms with van der Waals surface area (Å²) in [5, 5.41) is 11.5. The van der Waals surface area contributed by atoms with E-state index in [4.69, 9.17) is 9.47 Å². The first-order valence-electron chi connectivity index (χ1n) is 14.9. The number of benzene rings is 5. The van der Waals surface area contributed by atoms with Crippen LogP contribution < -0.4 is 0 Å². The Morgan fingerprint density at radius 2 is 1.16 bits per heavy atom. The molecule has 4 nitrogen and oxygen atoms in total. The highest BCUT2D eigenvalue weighted by atomic mass is 16.5. The molecule has 0 aliphatic heterocycles. The normalized spacial score (nSPS) is 12.8. The van der Waals surface area contributed by atoms with Crippen LogP contribution >= 0.6 is 0 Å². The third kappa shape index (κ3) is 7.11. The highest BCUT2D eigenvalue weighted by molar-refractivity contribution is 5.73. The third-order valence-electron chi connectivity index (χ3n) is 7.84. The Balaban J connectivity index is 1.43. The van der Waals surface area contributed by atoms with Crippen molar-refractivity contribution in [2.75, 3.05) is 13.2 Å². The minimum Gasteiger partial charge on any atom is -0.466 e. The summed E-state index contributed by atoms with van der Waals surface area (Å²) in [7, 11) is 0. The van der Waals surface area contributed by atoms with Gasteiger partial charge in [0.05, 0.1) is 19.3 Å². The molecule has 0 fully saturated rings. The number of aryl methyl sites for hydroxylation is 1. The molecule has 0 heterocycles. The Bertz CT molecular complexity index is 1460. The van der Waals surface area contributed by atoms with Crippen molar-refractivity contribution in [2.45, 2.75) is 31.5 Å². The van der Waals surface area contributed by atoms with Crippen LogP contribution in [0.4, 0.5) is 0 Å². The van der Waals surface area contributed by atoms with Gasteiger partial charge in [-0.3, -0.25) is 4.79 Å². The number of aliphatic hydroxyl groups is 1. The highest BCUT2D eigenvalue weighted by Gasteiger charge is 2.40. The predicted molar refractivity (Wildman–Crippen MR) is 171 cm³/mol. The largest absolute Gasteiger partial charge is 0.466 e. The minimum absolute atomic E-state index is 0.0251. The third-order valence-corrected chi connectivity index (χ3v) is 7.84. The van der Waals surface area contributed by atoms with Crippen LogP contribution in [0.5, 0.6) is 0 Å².